The van der Waals surface area contributed by atoms with Crippen molar-refractivity contribution in [2.45, 2.75) is 13.8 Å². The van der Waals surface area contributed by atoms with E-state index in [-0.39, 0.29) is 0 Å². The predicted molar refractivity (Wildman–Crippen MR) is 46.3 cm³/mol. The van der Waals surface area contributed by atoms with E-state index in [1.54, 1.807) is 6.92 Å². The highest BCUT2D eigenvalue weighted by molar-refractivity contribution is 7.84. The van der Waals surface area contributed by atoms with Crippen molar-refractivity contribution in [3.05, 3.63) is 11.5 Å². The van der Waals surface area contributed by atoms with E-state index in [9.17, 15) is 0 Å². The molecule has 0 amide bonds. The van der Waals surface area contributed by atoms with Crippen LogP contribution in [0.1, 0.15) is 13.8 Å². The van der Waals surface area contributed by atoms with E-state index in [2.05, 4.69) is 31.4 Å². The van der Waals surface area contributed by atoms with Gasteiger partial charge >= 0.3 is 0 Å². The van der Waals surface area contributed by atoms with Gasteiger partial charge < -0.3 is 5.73 Å². The second kappa shape index (κ2) is 6.98. The summed E-state index contributed by atoms with van der Waals surface area (Å²) in [4.78, 5) is 1.36. The van der Waals surface area contributed by atoms with Gasteiger partial charge in [-0.15, -0.1) is 12.6 Å². The molecule has 0 radical (unpaired) electrons. The standard InChI is InChI=1S/C3H6S.C2H5NS/c1-3(2)4;1-2(3)4/h4H,1H2,2H3;1H3,(H2,3,4). The Morgan fingerprint density at radius 1 is 1.62 bits per heavy atom. The van der Waals surface area contributed by atoms with E-state index in [1.807, 2.05) is 6.92 Å². The molecule has 0 bridgehead atoms. The van der Waals surface area contributed by atoms with Gasteiger partial charge in [0.15, 0.2) is 0 Å². The van der Waals surface area contributed by atoms with Crippen LogP contribution >= 0.6 is 24.8 Å². The lowest BCUT2D eigenvalue weighted by Crippen LogP contribution is -1.98. The van der Waals surface area contributed by atoms with Crippen LogP contribution in [0.4, 0.5) is 0 Å². The summed E-state index contributed by atoms with van der Waals surface area (Å²) in [6.07, 6.45) is 0. The number of nitrogens with two attached hydrogens (primary N) is 1. The molecule has 0 aromatic rings. The monoisotopic (exact) mass is 149 g/mol. The van der Waals surface area contributed by atoms with Crippen LogP contribution in [-0.2, 0) is 0 Å². The SMILES string of the molecule is C=C(C)S.CC(N)=S. The average molecular weight is 149 g/mol. The molecule has 0 aromatic carbocycles. The Morgan fingerprint density at radius 2 is 1.62 bits per heavy atom. The van der Waals surface area contributed by atoms with Gasteiger partial charge in [-0.3, -0.25) is 0 Å². The smallest absolute Gasteiger partial charge is 0.0695 e. The Hall–Kier alpha value is -0.0200. The van der Waals surface area contributed by atoms with Crippen molar-refractivity contribution < 1.29 is 0 Å². The van der Waals surface area contributed by atoms with E-state index in [0.29, 0.717) is 4.99 Å². The number of hydrogen-bond donors (Lipinski definition) is 2. The zero-order chi connectivity index (χ0) is 7.15. The third-order valence-electron chi connectivity index (χ3n) is 0. The van der Waals surface area contributed by atoms with Gasteiger partial charge in [-0.1, -0.05) is 18.8 Å². The van der Waals surface area contributed by atoms with Crippen molar-refractivity contribution >= 4 is 29.8 Å². The second-order valence-electron chi connectivity index (χ2n) is 1.35. The Bertz CT molecular complexity index is 68.4. The third kappa shape index (κ3) is 371000. The summed E-state index contributed by atoms with van der Waals surface area (Å²) >= 11 is 8.09. The first-order valence-corrected chi connectivity index (χ1v) is 2.93. The van der Waals surface area contributed by atoms with Gasteiger partial charge in [-0.2, -0.15) is 0 Å². The van der Waals surface area contributed by atoms with Crippen LogP contribution in [0.5, 0.6) is 0 Å². The minimum atomic E-state index is 0.500. The molecule has 0 atom stereocenters. The van der Waals surface area contributed by atoms with Crippen LogP contribution in [-0.4, -0.2) is 4.99 Å². The summed E-state index contributed by atoms with van der Waals surface area (Å²) in [5.74, 6) is 0. The van der Waals surface area contributed by atoms with Gasteiger partial charge in [-0.05, 0) is 18.8 Å². The zero-order valence-corrected chi connectivity index (χ0v) is 6.85. The number of allylic oxidation sites excluding steroid dienone is 1. The highest BCUT2D eigenvalue weighted by atomic mass is 32.1. The molecule has 48 valence electrons. The number of hydrogen-bond acceptors (Lipinski definition) is 2. The van der Waals surface area contributed by atoms with Crippen LogP contribution in [0.3, 0.4) is 0 Å². The van der Waals surface area contributed by atoms with E-state index in [1.165, 1.54) is 0 Å². The molecular formula is C5H11NS2. The topological polar surface area (TPSA) is 26.0 Å². The molecule has 0 heterocycles. The van der Waals surface area contributed by atoms with Crippen molar-refractivity contribution in [1.82, 2.24) is 0 Å². The number of thiol groups is 1. The van der Waals surface area contributed by atoms with Gasteiger partial charge in [0.2, 0.25) is 0 Å². The molecule has 0 aromatic heterocycles. The van der Waals surface area contributed by atoms with Gasteiger partial charge in [0.1, 0.15) is 0 Å². The molecule has 0 unspecified atom stereocenters. The van der Waals surface area contributed by atoms with E-state index in [4.69, 9.17) is 5.73 Å². The fraction of sp³-hybridized carbons (Fsp3) is 0.400. The fourth-order valence-electron chi connectivity index (χ4n) is 0. The maximum atomic E-state index is 4.84. The molecule has 0 aliphatic heterocycles. The lowest BCUT2D eigenvalue weighted by Gasteiger charge is -1.65. The van der Waals surface area contributed by atoms with E-state index < -0.39 is 0 Å². The fourth-order valence-corrected chi connectivity index (χ4v) is 0. The number of rotatable bonds is 0. The molecule has 0 fully saturated rings. The molecule has 0 spiro atoms. The summed E-state index contributed by atoms with van der Waals surface area (Å²) in [5.41, 5.74) is 4.84. The normalized spacial score (nSPS) is 6.38. The molecule has 0 aliphatic rings. The first-order valence-electron chi connectivity index (χ1n) is 2.07. The van der Waals surface area contributed by atoms with Crippen molar-refractivity contribution in [2.75, 3.05) is 0 Å². The van der Waals surface area contributed by atoms with E-state index >= 15 is 0 Å². The number of thiocarbonyl (C=S) groups is 1. The largest absolute Gasteiger partial charge is 0.394 e. The lowest BCUT2D eigenvalue weighted by molar-refractivity contribution is 1.73. The minimum absolute atomic E-state index is 0.500. The Morgan fingerprint density at radius 3 is 1.62 bits per heavy atom. The van der Waals surface area contributed by atoms with Gasteiger partial charge in [-0.25, -0.2) is 0 Å². The highest BCUT2D eigenvalue weighted by Crippen LogP contribution is 1.86. The predicted octanol–water partition coefficient (Wildman–Crippen LogP) is 1.74. The van der Waals surface area contributed by atoms with Crippen molar-refractivity contribution in [3.63, 3.8) is 0 Å². The highest BCUT2D eigenvalue weighted by Gasteiger charge is 1.54. The molecule has 0 rings (SSSR count). The maximum Gasteiger partial charge on any atom is 0.0695 e. The quantitative estimate of drug-likeness (QED) is 0.405. The maximum absolute atomic E-state index is 4.84. The van der Waals surface area contributed by atoms with Gasteiger partial charge in [0.25, 0.3) is 0 Å². The second-order valence-corrected chi connectivity index (χ2v) is 2.75. The summed E-state index contributed by atoms with van der Waals surface area (Å²) in [7, 11) is 0. The molecule has 0 saturated carbocycles. The lowest BCUT2D eigenvalue weighted by atomic mass is 10.8. The van der Waals surface area contributed by atoms with Crippen LogP contribution in [0.2, 0.25) is 0 Å². The Kier molecular flexibility index (Phi) is 9.49. The minimum Gasteiger partial charge on any atom is -0.394 e. The molecule has 3 heteroatoms. The van der Waals surface area contributed by atoms with Crippen LogP contribution in [0.25, 0.3) is 0 Å². The van der Waals surface area contributed by atoms with Crippen molar-refractivity contribution in [3.8, 4) is 0 Å². The zero-order valence-electron chi connectivity index (χ0n) is 5.14. The summed E-state index contributed by atoms with van der Waals surface area (Å²) in [5, 5.41) is 0. The van der Waals surface area contributed by atoms with Crippen LogP contribution in [0, 0.1) is 0 Å². The first kappa shape index (κ1) is 10.9. The molecular weight excluding hydrogens is 138 g/mol. The van der Waals surface area contributed by atoms with Crippen molar-refractivity contribution in [2.24, 2.45) is 5.73 Å². The molecule has 0 saturated heterocycles. The summed E-state index contributed by atoms with van der Waals surface area (Å²) < 4.78 is 0. The average Bonchev–Trinajstić information content (AvgIpc) is 1.25. The molecule has 2 N–H and O–H groups in total. The molecule has 8 heavy (non-hydrogen) atoms. The van der Waals surface area contributed by atoms with Gasteiger partial charge in [0, 0.05) is 0 Å². The van der Waals surface area contributed by atoms with Crippen molar-refractivity contribution in [1.29, 1.82) is 0 Å². The van der Waals surface area contributed by atoms with Gasteiger partial charge in [0.05, 0.1) is 4.99 Å². The van der Waals surface area contributed by atoms with Crippen LogP contribution < -0.4 is 5.73 Å². The van der Waals surface area contributed by atoms with E-state index in [0.717, 1.165) is 4.91 Å². The molecule has 1 nitrogen and oxygen atoms in total. The Labute approximate surface area is 61.4 Å². The van der Waals surface area contributed by atoms with Crippen LogP contribution in [0.15, 0.2) is 11.5 Å². The third-order valence-corrected chi connectivity index (χ3v) is 0. The summed E-state index contributed by atoms with van der Waals surface area (Å²) in [6.45, 7) is 6.93. The first-order chi connectivity index (χ1) is 3.46. The molecule has 0 aliphatic carbocycles. The Balaban J connectivity index is 0. The summed E-state index contributed by atoms with van der Waals surface area (Å²) in [6, 6.07) is 0.